The molecule has 1 N–H and O–H groups in total. The van der Waals surface area contributed by atoms with E-state index in [1.807, 2.05) is 0 Å². The predicted molar refractivity (Wildman–Crippen MR) is 101 cm³/mol. The summed E-state index contributed by atoms with van der Waals surface area (Å²) in [5.41, 5.74) is 1.57. The molecule has 27 heavy (non-hydrogen) atoms. The molecule has 0 unspecified atom stereocenters. The quantitative estimate of drug-likeness (QED) is 0.793. The fourth-order valence-electron chi connectivity index (χ4n) is 2.78. The maximum atomic E-state index is 12.3. The molecule has 0 spiro atoms. The van der Waals surface area contributed by atoms with E-state index in [0.717, 1.165) is 0 Å². The second-order valence-electron chi connectivity index (χ2n) is 6.10. The number of Topliss-reactive ketones (excluding diaryl/α,β-unsaturated/α-hetero) is 1. The van der Waals surface area contributed by atoms with Crippen LogP contribution in [0.25, 0.3) is 0 Å². The number of anilines is 2. The molecule has 0 aliphatic carbocycles. The molecule has 1 aliphatic rings. The van der Waals surface area contributed by atoms with Crippen molar-refractivity contribution in [2.45, 2.75) is 12.8 Å². The van der Waals surface area contributed by atoms with Gasteiger partial charge in [0.15, 0.2) is 18.1 Å². The maximum absolute atomic E-state index is 12.3. The number of nitrogens with one attached hydrogen (secondary N) is 1. The normalized spacial score (nSPS) is 12.8. The number of benzene rings is 2. The Morgan fingerprint density at radius 3 is 2.74 bits per heavy atom. The van der Waals surface area contributed by atoms with Crippen molar-refractivity contribution in [3.05, 3.63) is 48.0 Å². The van der Waals surface area contributed by atoms with Gasteiger partial charge in [0.05, 0.1) is 18.5 Å². The molecule has 7 heteroatoms. The molecule has 1 heterocycles. The van der Waals surface area contributed by atoms with Crippen molar-refractivity contribution in [3.8, 4) is 11.5 Å². The fraction of sp³-hybridized carbons (Fsp3) is 0.250. The Labute approximate surface area is 156 Å². The first kappa shape index (κ1) is 18.4. The molecule has 0 atom stereocenters. The molecule has 0 saturated heterocycles. The molecule has 0 saturated carbocycles. The summed E-state index contributed by atoms with van der Waals surface area (Å²) in [6, 6.07) is 12.0. The largest absolute Gasteiger partial charge is 0.497 e. The van der Waals surface area contributed by atoms with E-state index in [1.54, 1.807) is 49.5 Å². The zero-order valence-corrected chi connectivity index (χ0v) is 15.2. The molecule has 0 radical (unpaired) electrons. The number of para-hydroxylation sites is 1. The molecule has 2 aromatic rings. The number of carbonyl (C=O) groups is 3. The lowest BCUT2D eigenvalue weighted by molar-refractivity contribution is -0.121. The highest BCUT2D eigenvalue weighted by Crippen LogP contribution is 2.38. The summed E-state index contributed by atoms with van der Waals surface area (Å²) >= 11 is 0. The Kier molecular flexibility index (Phi) is 5.40. The average molecular weight is 368 g/mol. The van der Waals surface area contributed by atoms with Crippen LogP contribution in [0, 0.1) is 0 Å². The van der Waals surface area contributed by atoms with Gasteiger partial charge in [-0.1, -0.05) is 18.2 Å². The van der Waals surface area contributed by atoms with Crippen LogP contribution >= 0.6 is 0 Å². The fourth-order valence-corrected chi connectivity index (χ4v) is 2.78. The van der Waals surface area contributed by atoms with Gasteiger partial charge in [0.1, 0.15) is 5.75 Å². The van der Waals surface area contributed by atoms with Crippen LogP contribution in [0.3, 0.4) is 0 Å². The van der Waals surface area contributed by atoms with E-state index in [0.29, 0.717) is 28.4 Å². The van der Waals surface area contributed by atoms with Gasteiger partial charge >= 0.3 is 0 Å². The number of nitrogens with zero attached hydrogens (tertiary/aromatic N) is 1. The number of amides is 2. The lowest BCUT2D eigenvalue weighted by atomic mass is 10.1. The summed E-state index contributed by atoms with van der Waals surface area (Å²) in [6.45, 7) is -0.0787. The first-order valence-corrected chi connectivity index (χ1v) is 8.49. The number of ketones is 1. The highest BCUT2D eigenvalue weighted by molar-refractivity contribution is 6.03. The molecular weight excluding hydrogens is 348 g/mol. The number of fused-ring (bicyclic) bond motifs is 1. The number of rotatable bonds is 6. The van der Waals surface area contributed by atoms with Crippen LogP contribution in [0.4, 0.5) is 11.4 Å². The standard InChI is InChI=1S/C20H20N2O5/c1-22-16-8-4-7-15(20(16)27-12-19(22)25)21-18(24)10-9-17(23)13-5-3-6-14(11-13)26-2/h3-8,11H,9-10,12H2,1-2H3,(H,21,24). The highest BCUT2D eigenvalue weighted by atomic mass is 16.5. The molecule has 0 bridgehead atoms. The van der Waals surface area contributed by atoms with Gasteiger partial charge in [-0.15, -0.1) is 0 Å². The summed E-state index contributed by atoms with van der Waals surface area (Å²) in [4.78, 5) is 37.8. The minimum absolute atomic E-state index is 0.0362. The zero-order valence-electron chi connectivity index (χ0n) is 15.2. The van der Waals surface area contributed by atoms with Crippen LogP contribution in [0.1, 0.15) is 23.2 Å². The van der Waals surface area contributed by atoms with Gasteiger partial charge < -0.3 is 19.7 Å². The maximum Gasteiger partial charge on any atom is 0.264 e. The van der Waals surface area contributed by atoms with Crippen molar-refractivity contribution in [1.82, 2.24) is 0 Å². The van der Waals surface area contributed by atoms with Crippen LogP contribution in [0.5, 0.6) is 11.5 Å². The number of likely N-dealkylation sites (N-methyl/N-ethyl adjacent to an activating group) is 1. The van der Waals surface area contributed by atoms with E-state index in [9.17, 15) is 14.4 Å². The van der Waals surface area contributed by atoms with Gasteiger partial charge in [-0.25, -0.2) is 0 Å². The Balaban J connectivity index is 1.63. The minimum atomic E-state index is -0.303. The molecule has 2 aromatic carbocycles. The molecule has 1 aliphatic heterocycles. The van der Waals surface area contributed by atoms with Gasteiger partial charge in [0, 0.05) is 25.5 Å². The third kappa shape index (κ3) is 4.08. The van der Waals surface area contributed by atoms with Crippen LogP contribution in [-0.4, -0.2) is 38.4 Å². The molecule has 0 fully saturated rings. The van der Waals surface area contributed by atoms with E-state index in [-0.39, 0.29) is 37.0 Å². The lowest BCUT2D eigenvalue weighted by Crippen LogP contribution is -2.35. The van der Waals surface area contributed by atoms with Gasteiger partial charge in [-0.2, -0.15) is 0 Å². The predicted octanol–water partition coefficient (Wildman–Crippen LogP) is 2.65. The number of carbonyl (C=O) groups excluding carboxylic acids is 3. The van der Waals surface area contributed by atoms with Crippen LogP contribution in [-0.2, 0) is 9.59 Å². The molecule has 0 aromatic heterocycles. The van der Waals surface area contributed by atoms with E-state index < -0.39 is 0 Å². The molecule has 2 amide bonds. The third-order valence-electron chi connectivity index (χ3n) is 4.31. The number of hydrogen-bond donors (Lipinski definition) is 1. The van der Waals surface area contributed by atoms with Gasteiger partial charge in [-0.3, -0.25) is 14.4 Å². The molecule has 140 valence electrons. The second-order valence-corrected chi connectivity index (χ2v) is 6.10. The third-order valence-corrected chi connectivity index (χ3v) is 4.31. The van der Waals surface area contributed by atoms with Crippen LogP contribution in [0.15, 0.2) is 42.5 Å². The monoisotopic (exact) mass is 368 g/mol. The summed E-state index contributed by atoms with van der Waals surface area (Å²) < 4.78 is 10.6. The Morgan fingerprint density at radius 1 is 1.19 bits per heavy atom. The van der Waals surface area contributed by atoms with E-state index >= 15 is 0 Å². The van der Waals surface area contributed by atoms with Crippen molar-refractivity contribution in [2.75, 3.05) is 31.0 Å². The molecular formula is C20H20N2O5. The Bertz CT molecular complexity index is 894. The topological polar surface area (TPSA) is 84.9 Å². The van der Waals surface area contributed by atoms with E-state index in [2.05, 4.69) is 5.32 Å². The van der Waals surface area contributed by atoms with Gasteiger partial charge in [0.25, 0.3) is 5.91 Å². The lowest BCUT2D eigenvalue weighted by Gasteiger charge is -2.27. The minimum Gasteiger partial charge on any atom is -0.497 e. The highest BCUT2D eigenvalue weighted by Gasteiger charge is 2.25. The van der Waals surface area contributed by atoms with E-state index in [4.69, 9.17) is 9.47 Å². The van der Waals surface area contributed by atoms with E-state index in [1.165, 1.54) is 12.0 Å². The van der Waals surface area contributed by atoms with Crippen molar-refractivity contribution >= 4 is 29.0 Å². The summed E-state index contributed by atoms with van der Waals surface area (Å²) in [7, 11) is 3.19. The second kappa shape index (κ2) is 7.90. The summed E-state index contributed by atoms with van der Waals surface area (Å²) in [5.74, 6) is 0.447. The summed E-state index contributed by atoms with van der Waals surface area (Å²) in [5, 5.41) is 2.76. The van der Waals surface area contributed by atoms with Crippen molar-refractivity contribution < 1.29 is 23.9 Å². The van der Waals surface area contributed by atoms with Crippen LogP contribution in [0.2, 0.25) is 0 Å². The Morgan fingerprint density at radius 2 is 1.96 bits per heavy atom. The first-order chi connectivity index (χ1) is 13.0. The van der Waals surface area contributed by atoms with Crippen molar-refractivity contribution in [3.63, 3.8) is 0 Å². The van der Waals surface area contributed by atoms with Crippen LogP contribution < -0.4 is 19.7 Å². The Hall–Kier alpha value is -3.35. The summed E-state index contributed by atoms with van der Waals surface area (Å²) in [6.07, 6.45) is 0.113. The smallest absolute Gasteiger partial charge is 0.264 e. The zero-order chi connectivity index (χ0) is 19.4. The SMILES string of the molecule is COc1cccc(C(=O)CCC(=O)Nc2cccc3c2OCC(=O)N3C)c1. The van der Waals surface area contributed by atoms with Crippen molar-refractivity contribution in [1.29, 1.82) is 0 Å². The number of methoxy groups -OCH3 is 1. The van der Waals surface area contributed by atoms with Gasteiger partial charge in [-0.05, 0) is 24.3 Å². The van der Waals surface area contributed by atoms with Crippen molar-refractivity contribution in [2.24, 2.45) is 0 Å². The number of hydrogen-bond acceptors (Lipinski definition) is 5. The van der Waals surface area contributed by atoms with Gasteiger partial charge in [0.2, 0.25) is 5.91 Å². The molecule has 3 rings (SSSR count). The molecule has 7 nitrogen and oxygen atoms in total. The first-order valence-electron chi connectivity index (χ1n) is 8.49. The number of ether oxygens (including phenoxy) is 2. The average Bonchev–Trinajstić information content (AvgIpc) is 2.69.